The van der Waals surface area contributed by atoms with Crippen molar-refractivity contribution >= 4 is 10.9 Å². The summed E-state index contributed by atoms with van der Waals surface area (Å²) in [5.74, 6) is 2.60. The fourth-order valence-corrected chi connectivity index (χ4v) is 6.00. The molecule has 1 saturated heterocycles. The van der Waals surface area contributed by atoms with Crippen LogP contribution in [0.15, 0.2) is 71.5 Å². The van der Waals surface area contributed by atoms with Crippen molar-refractivity contribution in [1.82, 2.24) is 14.5 Å². The van der Waals surface area contributed by atoms with Crippen molar-refractivity contribution in [1.29, 1.82) is 0 Å². The van der Waals surface area contributed by atoms with Crippen LogP contribution in [0, 0.1) is 5.92 Å². The molecule has 4 aromatic rings. The molecule has 1 aliphatic heterocycles. The topological polar surface area (TPSA) is 56.6 Å². The average Bonchev–Trinajstić information content (AvgIpc) is 2.93. The van der Waals surface area contributed by atoms with E-state index in [1.54, 1.807) is 14.2 Å². The highest BCUT2D eigenvalue weighted by atomic mass is 16.5. The predicted octanol–water partition coefficient (Wildman–Crippen LogP) is 6.01. The van der Waals surface area contributed by atoms with Crippen molar-refractivity contribution in [2.45, 2.75) is 44.7 Å². The summed E-state index contributed by atoms with van der Waals surface area (Å²) < 4.78 is 13.0. The number of fused-ring (bicyclic) bond motifs is 1. The molecule has 2 aliphatic rings. The number of aromatic nitrogens is 2. The number of hydrogen-bond donors (Lipinski definition) is 0. The number of nitrogens with zero attached hydrogens (tertiary/aromatic N) is 3. The maximum Gasteiger partial charge on any atom is 0.261 e. The van der Waals surface area contributed by atoms with Gasteiger partial charge in [-0.15, -0.1) is 0 Å². The Labute approximate surface area is 223 Å². The van der Waals surface area contributed by atoms with Crippen molar-refractivity contribution in [3.63, 3.8) is 0 Å². The minimum absolute atomic E-state index is 0.00131. The molecule has 1 unspecified atom stereocenters. The second-order valence-electron chi connectivity index (χ2n) is 10.6. The maximum absolute atomic E-state index is 14.2. The first kappa shape index (κ1) is 24.7. The molecule has 0 radical (unpaired) electrons. The van der Waals surface area contributed by atoms with Crippen molar-refractivity contribution < 1.29 is 9.47 Å². The van der Waals surface area contributed by atoms with Crippen LogP contribution in [0.25, 0.3) is 33.4 Å². The van der Waals surface area contributed by atoms with Gasteiger partial charge in [-0.1, -0.05) is 36.8 Å². The molecule has 2 fully saturated rings. The fraction of sp³-hybridized carbons (Fsp3) is 0.375. The zero-order valence-corrected chi connectivity index (χ0v) is 22.2. The van der Waals surface area contributed by atoms with E-state index < -0.39 is 0 Å². The summed E-state index contributed by atoms with van der Waals surface area (Å²) in [5.41, 5.74) is 3.52. The zero-order valence-electron chi connectivity index (χ0n) is 22.2. The van der Waals surface area contributed by atoms with Gasteiger partial charge in [-0.05, 0) is 85.7 Å². The number of para-hydroxylation sites is 1. The van der Waals surface area contributed by atoms with Gasteiger partial charge in [-0.2, -0.15) is 0 Å². The Morgan fingerprint density at radius 2 is 1.74 bits per heavy atom. The highest BCUT2D eigenvalue weighted by Gasteiger charge is 2.30. The molecule has 1 atom stereocenters. The summed E-state index contributed by atoms with van der Waals surface area (Å²) in [7, 11) is 3.33. The largest absolute Gasteiger partial charge is 0.497 e. The van der Waals surface area contributed by atoms with E-state index in [1.165, 1.54) is 32.2 Å². The fourth-order valence-electron chi connectivity index (χ4n) is 6.00. The molecule has 38 heavy (non-hydrogen) atoms. The summed E-state index contributed by atoms with van der Waals surface area (Å²) in [4.78, 5) is 22.0. The van der Waals surface area contributed by atoms with E-state index in [1.807, 2.05) is 71.3 Å². The standard InChI is InChI=1S/C32H35N3O3/c1-37-26-12-5-9-23(18-26)24-15-16-29-28(19-24)32(36)35(31(33-29)27-13-3-4-14-30(27)38-2)21-22-8-7-17-34(20-22)25-10-6-11-25/h3-5,9,12-16,18-19,22,25H,6-8,10-11,17,20-21H2,1-2H3. The van der Waals surface area contributed by atoms with Crippen molar-refractivity contribution in [3.05, 3.63) is 77.1 Å². The highest BCUT2D eigenvalue weighted by Crippen LogP contribution is 2.33. The van der Waals surface area contributed by atoms with Crippen LogP contribution < -0.4 is 15.0 Å². The van der Waals surface area contributed by atoms with Gasteiger partial charge in [0.2, 0.25) is 0 Å². The van der Waals surface area contributed by atoms with E-state index in [9.17, 15) is 4.79 Å². The van der Waals surface area contributed by atoms with Crippen LogP contribution in [0.2, 0.25) is 0 Å². The van der Waals surface area contributed by atoms with E-state index in [0.717, 1.165) is 47.2 Å². The number of rotatable bonds is 7. The summed E-state index contributed by atoms with van der Waals surface area (Å²) in [6.45, 7) is 2.88. The van der Waals surface area contributed by atoms with Gasteiger partial charge in [0.1, 0.15) is 17.3 Å². The molecule has 0 amide bonds. The van der Waals surface area contributed by atoms with Gasteiger partial charge in [-0.25, -0.2) is 4.98 Å². The molecule has 6 nitrogen and oxygen atoms in total. The molecule has 1 aromatic heterocycles. The summed E-state index contributed by atoms with van der Waals surface area (Å²) >= 11 is 0. The molecule has 2 heterocycles. The lowest BCUT2D eigenvalue weighted by atomic mass is 9.87. The predicted molar refractivity (Wildman–Crippen MR) is 152 cm³/mol. The minimum atomic E-state index is 0.00131. The molecule has 1 saturated carbocycles. The third-order valence-corrected chi connectivity index (χ3v) is 8.29. The second kappa shape index (κ2) is 10.6. The van der Waals surface area contributed by atoms with Crippen LogP contribution in [0.1, 0.15) is 32.1 Å². The molecule has 0 bridgehead atoms. The number of likely N-dealkylation sites (tertiary alicyclic amines) is 1. The average molecular weight is 510 g/mol. The van der Waals surface area contributed by atoms with Crippen LogP contribution in [-0.4, -0.2) is 47.8 Å². The molecule has 6 heteroatoms. The van der Waals surface area contributed by atoms with Gasteiger partial charge in [-0.3, -0.25) is 9.36 Å². The normalized spacial score (nSPS) is 18.3. The van der Waals surface area contributed by atoms with Gasteiger partial charge in [0.05, 0.1) is 30.7 Å². The van der Waals surface area contributed by atoms with E-state index in [4.69, 9.17) is 14.5 Å². The van der Waals surface area contributed by atoms with Crippen LogP contribution in [0.5, 0.6) is 11.5 Å². The zero-order chi connectivity index (χ0) is 26.1. The first-order chi connectivity index (χ1) is 18.6. The smallest absolute Gasteiger partial charge is 0.261 e. The number of methoxy groups -OCH3 is 2. The number of ether oxygens (including phenoxy) is 2. The summed E-state index contributed by atoms with van der Waals surface area (Å²) in [5, 5.41) is 0.635. The molecule has 3 aromatic carbocycles. The lowest BCUT2D eigenvalue weighted by Gasteiger charge is -2.42. The molecule has 6 rings (SSSR count). The van der Waals surface area contributed by atoms with Crippen molar-refractivity contribution in [2.24, 2.45) is 5.92 Å². The Bertz CT molecular complexity index is 1510. The number of hydrogen-bond acceptors (Lipinski definition) is 5. The third kappa shape index (κ3) is 4.69. The molecular weight excluding hydrogens is 474 g/mol. The SMILES string of the molecule is COc1cccc(-c2ccc3nc(-c4ccccc4OC)n(CC4CCCN(C5CCC5)C4)c(=O)c3c2)c1. The van der Waals surface area contributed by atoms with E-state index >= 15 is 0 Å². The lowest BCUT2D eigenvalue weighted by Crippen LogP contribution is -2.47. The van der Waals surface area contributed by atoms with Gasteiger partial charge in [0.15, 0.2) is 0 Å². The molecule has 0 spiro atoms. The summed E-state index contributed by atoms with van der Waals surface area (Å²) in [6, 6.07) is 22.5. The van der Waals surface area contributed by atoms with Crippen LogP contribution >= 0.6 is 0 Å². The van der Waals surface area contributed by atoms with Crippen LogP contribution in [0.4, 0.5) is 0 Å². The molecular formula is C32H35N3O3. The maximum atomic E-state index is 14.2. The van der Waals surface area contributed by atoms with Gasteiger partial charge < -0.3 is 14.4 Å². The van der Waals surface area contributed by atoms with Gasteiger partial charge in [0.25, 0.3) is 5.56 Å². The second-order valence-corrected chi connectivity index (χ2v) is 10.6. The van der Waals surface area contributed by atoms with Crippen molar-refractivity contribution in [3.8, 4) is 34.0 Å². The lowest BCUT2D eigenvalue weighted by molar-refractivity contribution is 0.0717. The molecule has 0 N–H and O–H groups in total. The number of benzene rings is 3. The van der Waals surface area contributed by atoms with Crippen LogP contribution in [-0.2, 0) is 6.54 Å². The molecule has 1 aliphatic carbocycles. The van der Waals surface area contributed by atoms with Gasteiger partial charge >= 0.3 is 0 Å². The Balaban J connectivity index is 1.46. The Morgan fingerprint density at radius 1 is 0.895 bits per heavy atom. The minimum Gasteiger partial charge on any atom is -0.497 e. The van der Waals surface area contributed by atoms with E-state index in [-0.39, 0.29) is 5.56 Å². The first-order valence-electron chi connectivity index (χ1n) is 13.7. The number of piperidine rings is 1. The Kier molecular flexibility index (Phi) is 6.90. The van der Waals surface area contributed by atoms with Crippen LogP contribution in [0.3, 0.4) is 0 Å². The van der Waals surface area contributed by atoms with E-state index in [2.05, 4.69) is 4.90 Å². The summed E-state index contributed by atoms with van der Waals surface area (Å²) in [6.07, 6.45) is 6.27. The molecule has 196 valence electrons. The van der Waals surface area contributed by atoms with E-state index in [0.29, 0.717) is 29.2 Å². The monoisotopic (exact) mass is 509 g/mol. The van der Waals surface area contributed by atoms with Gasteiger partial charge in [0, 0.05) is 19.1 Å². The first-order valence-corrected chi connectivity index (χ1v) is 13.7. The Hall–Kier alpha value is -3.64. The van der Waals surface area contributed by atoms with Crippen molar-refractivity contribution in [2.75, 3.05) is 27.3 Å². The highest BCUT2D eigenvalue weighted by molar-refractivity contribution is 5.85. The quantitative estimate of drug-likeness (QED) is 0.305. The Morgan fingerprint density at radius 3 is 2.53 bits per heavy atom. The third-order valence-electron chi connectivity index (χ3n) is 8.29.